The van der Waals surface area contributed by atoms with Gasteiger partial charge >= 0.3 is 0 Å². The van der Waals surface area contributed by atoms with Crippen LogP contribution < -0.4 is 15.8 Å². The Balaban J connectivity index is 1.72. The van der Waals surface area contributed by atoms with E-state index in [4.69, 9.17) is 5.73 Å². The van der Waals surface area contributed by atoms with Crippen molar-refractivity contribution >= 4 is 15.7 Å². The molecule has 0 spiro atoms. The first-order valence-electron chi connectivity index (χ1n) is 7.17. The van der Waals surface area contributed by atoms with Crippen molar-refractivity contribution in [3.05, 3.63) is 24.3 Å². The van der Waals surface area contributed by atoms with Gasteiger partial charge in [-0.05, 0) is 43.7 Å². The second kappa shape index (κ2) is 5.35. The van der Waals surface area contributed by atoms with Gasteiger partial charge in [-0.15, -0.1) is 0 Å². The minimum absolute atomic E-state index is 0.0992. The van der Waals surface area contributed by atoms with Crippen molar-refractivity contribution in [3.8, 4) is 0 Å². The lowest BCUT2D eigenvalue weighted by atomic mass is 10.2. The normalized spacial score (nSPS) is 20.6. The van der Waals surface area contributed by atoms with Crippen LogP contribution in [0.15, 0.2) is 29.2 Å². The molecule has 20 heavy (non-hydrogen) atoms. The highest BCUT2D eigenvalue weighted by molar-refractivity contribution is 7.89. The van der Waals surface area contributed by atoms with Gasteiger partial charge in [0.05, 0.1) is 5.69 Å². The zero-order chi connectivity index (χ0) is 14.2. The predicted octanol–water partition coefficient (Wildman–Crippen LogP) is 1.28. The monoisotopic (exact) mass is 295 g/mol. The Bertz CT molecular complexity index is 580. The molecular formula is C14H21N3O2S. The topological polar surface area (TPSA) is 84.2 Å². The predicted molar refractivity (Wildman–Crippen MR) is 79.0 cm³/mol. The van der Waals surface area contributed by atoms with E-state index in [1.165, 1.54) is 12.8 Å². The van der Waals surface area contributed by atoms with Crippen LogP contribution in [0.5, 0.6) is 0 Å². The molecule has 0 aromatic heterocycles. The standard InChI is InChI=1S/C14H21N3O2S/c15-12(10-5-6-10)9-16-13-3-1-2-4-14(13)20(18,19)17-11-7-8-11/h1-4,10-12,16-17H,5-9,15H2. The third-order valence-corrected chi connectivity index (χ3v) is 5.41. The van der Waals surface area contributed by atoms with E-state index in [1.807, 2.05) is 6.07 Å². The van der Waals surface area contributed by atoms with Crippen LogP contribution >= 0.6 is 0 Å². The van der Waals surface area contributed by atoms with Crippen LogP contribution in [-0.2, 0) is 10.0 Å². The second-order valence-corrected chi connectivity index (χ2v) is 7.46. The first kappa shape index (κ1) is 13.9. The minimum Gasteiger partial charge on any atom is -0.382 e. The number of rotatable bonds is 7. The number of sulfonamides is 1. The van der Waals surface area contributed by atoms with Crippen molar-refractivity contribution in [2.24, 2.45) is 11.7 Å². The smallest absolute Gasteiger partial charge is 0.242 e. The van der Waals surface area contributed by atoms with Crippen molar-refractivity contribution in [1.29, 1.82) is 0 Å². The number of hydrogen-bond donors (Lipinski definition) is 3. The summed E-state index contributed by atoms with van der Waals surface area (Å²) >= 11 is 0. The molecule has 0 amide bonds. The van der Waals surface area contributed by atoms with Crippen molar-refractivity contribution in [2.45, 2.75) is 42.7 Å². The lowest BCUT2D eigenvalue weighted by Crippen LogP contribution is -2.32. The third-order valence-electron chi connectivity index (χ3n) is 3.83. The fourth-order valence-electron chi connectivity index (χ4n) is 2.25. The van der Waals surface area contributed by atoms with E-state index in [-0.39, 0.29) is 12.1 Å². The number of para-hydroxylation sites is 1. The Hall–Kier alpha value is -1.11. The highest BCUT2D eigenvalue weighted by atomic mass is 32.2. The summed E-state index contributed by atoms with van der Waals surface area (Å²) in [6.45, 7) is 0.612. The molecule has 1 aromatic carbocycles. The molecule has 1 unspecified atom stereocenters. The van der Waals surface area contributed by atoms with Crippen molar-refractivity contribution in [3.63, 3.8) is 0 Å². The highest BCUT2D eigenvalue weighted by Gasteiger charge is 2.30. The molecule has 110 valence electrons. The summed E-state index contributed by atoms with van der Waals surface area (Å²) in [5.41, 5.74) is 6.68. The van der Waals surface area contributed by atoms with Crippen LogP contribution in [0.4, 0.5) is 5.69 Å². The summed E-state index contributed by atoms with van der Waals surface area (Å²) < 4.78 is 27.3. The van der Waals surface area contributed by atoms with Crippen LogP contribution in [0, 0.1) is 5.92 Å². The van der Waals surface area contributed by atoms with Gasteiger partial charge in [0.25, 0.3) is 0 Å². The van der Waals surface area contributed by atoms with E-state index in [0.29, 0.717) is 23.0 Å². The Morgan fingerprint density at radius 2 is 1.90 bits per heavy atom. The van der Waals surface area contributed by atoms with Crippen molar-refractivity contribution < 1.29 is 8.42 Å². The maximum absolute atomic E-state index is 12.3. The molecule has 3 rings (SSSR count). The average Bonchev–Trinajstić information content (AvgIpc) is 3.28. The van der Waals surface area contributed by atoms with E-state index in [2.05, 4.69) is 10.0 Å². The van der Waals surface area contributed by atoms with Crippen molar-refractivity contribution in [2.75, 3.05) is 11.9 Å². The Kier molecular flexibility index (Phi) is 3.70. The number of nitrogens with two attached hydrogens (primary N) is 1. The zero-order valence-electron chi connectivity index (χ0n) is 11.4. The Morgan fingerprint density at radius 1 is 1.20 bits per heavy atom. The average molecular weight is 295 g/mol. The van der Waals surface area contributed by atoms with Crippen LogP contribution in [0.25, 0.3) is 0 Å². The van der Waals surface area contributed by atoms with Crippen LogP contribution in [-0.4, -0.2) is 27.0 Å². The molecule has 0 aliphatic heterocycles. The van der Waals surface area contributed by atoms with Gasteiger partial charge in [-0.2, -0.15) is 0 Å². The molecule has 1 aromatic rings. The molecule has 2 aliphatic rings. The first-order valence-corrected chi connectivity index (χ1v) is 8.65. The number of benzene rings is 1. The number of hydrogen-bond acceptors (Lipinski definition) is 4. The van der Waals surface area contributed by atoms with Gasteiger partial charge in [-0.1, -0.05) is 12.1 Å². The van der Waals surface area contributed by atoms with Gasteiger partial charge in [0.1, 0.15) is 4.90 Å². The second-order valence-electron chi connectivity index (χ2n) is 5.77. The van der Waals surface area contributed by atoms with Gasteiger partial charge in [0, 0.05) is 18.6 Å². The summed E-state index contributed by atoms with van der Waals surface area (Å²) in [6.07, 6.45) is 4.24. The fraction of sp³-hybridized carbons (Fsp3) is 0.571. The maximum Gasteiger partial charge on any atom is 0.242 e. The SMILES string of the molecule is NC(CNc1ccccc1S(=O)(=O)NC1CC1)C1CC1. The highest BCUT2D eigenvalue weighted by Crippen LogP contribution is 2.32. The van der Waals surface area contributed by atoms with Crippen molar-refractivity contribution in [1.82, 2.24) is 4.72 Å². The lowest BCUT2D eigenvalue weighted by Gasteiger charge is -2.16. The molecule has 2 saturated carbocycles. The van der Waals surface area contributed by atoms with Gasteiger partial charge in [0.2, 0.25) is 10.0 Å². The molecular weight excluding hydrogens is 274 g/mol. The fourth-order valence-corrected chi connectivity index (χ4v) is 3.74. The summed E-state index contributed by atoms with van der Waals surface area (Å²) in [6, 6.07) is 7.22. The molecule has 0 saturated heterocycles. The largest absolute Gasteiger partial charge is 0.382 e. The molecule has 4 N–H and O–H groups in total. The zero-order valence-corrected chi connectivity index (χ0v) is 12.2. The lowest BCUT2D eigenvalue weighted by molar-refractivity contribution is 0.580. The van der Waals surface area contributed by atoms with Gasteiger partial charge < -0.3 is 11.1 Å². The molecule has 1 atom stereocenters. The van der Waals surface area contributed by atoms with Crippen LogP contribution in [0.2, 0.25) is 0 Å². The summed E-state index contributed by atoms with van der Waals surface area (Å²) in [5.74, 6) is 0.593. The minimum atomic E-state index is -3.43. The molecule has 6 heteroatoms. The Labute approximate surface area is 120 Å². The summed E-state index contributed by atoms with van der Waals surface area (Å²) in [4.78, 5) is 0.315. The molecule has 0 radical (unpaired) electrons. The maximum atomic E-state index is 12.3. The van der Waals surface area contributed by atoms with E-state index in [1.54, 1.807) is 18.2 Å². The quantitative estimate of drug-likeness (QED) is 0.707. The van der Waals surface area contributed by atoms with Gasteiger partial charge in [0.15, 0.2) is 0 Å². The molecule has 0 bridgehead atoms. The van der Waals surface area contributed by atoms with E-state index >= 15 is 0 Å². The van der Waals surface area contributed by atoms with Crippen LogP contribution in [0.3, 0.4) is 0 Å². The van der Waals surface area contributed by atoms with E-state index < -0.39 is 10.0 Å². The molecule has 0 heterocycles. The Morgan fingerprint density at radius 3 is 2.55 bits per heavy atom. The summed E-state index contributed by atoms with van der Waals surface area (Å²) in [5, 5.41) is 3.19. The molecule has 5 nitrogen and oxygen atoms in total. The number of anilines is 1. The molecule has 2 aliphatic carbocycles. The van der Waals surface area contributed by atoms with Gasteiger partial charge in [-0.25, -0.2) is 13.1 Å². The number of nitrogens with one attached hydrogen (secondary N) is 2. The van der Waals surface area contributed by atoms with Gasteiger partial charge in [-0.3, -0.25) is 0 Å². The summed E-state index contributed by atoms with van der Waals surface area (Å²) in [7, 11) is -3.43. The first-order chi connectivity index (χ1) is 9.56. The van der Waals surface area contributed by atoms with E-state index in [0.717, 1.165) is 12.8 Å². The molecule has 2 fully saturated rings. The van der Waals surface area contributed by atoms with E-state index in [9.17, 15) is 8.42 Å². The van der Waals surface area contributed by atoms with Crippen LogP contribution in [0.1, 0.15) is 25.7 Å². The third kappa shape index (κ3) is 3.31.